The molecule has 132 valence electrons. The second-order valence-electron chi connectivity index (χ2n) is 6.13. The molecule has 1 aromatic carbocycles. The van der Waals surface area contributed by atoms with Crippen molar-refractivity contribution in [1.29, 1.82) is 0 Å². The van der Waals surface area contributed by atoms with E-state index in [1.807, 2.05) is 5.32 Å². The molecule has 8 nitrogen and oxygen atoms in total. The van der Waals surface area contributed by atoms with Crippen LogP contribution in [0, 0.1) is 0 Å². The lowest BCUT2D eigenvalue weighted by atomic mass is 10.1. The molecule has 0 saturated carbocycles. The first kappa shape index (κ1) is 19.6. The number of imide groups is 1. The molecule has 0 saturated heterocycles. The number of sulfone groups is 1. The summed E-state index contributed by atoms with van der Waals surface area (Å²) in [6.45, 7) is 4.56. The van der Waals surface area contributed by atoms with Crippen molar-refractivity contribution in [2.24, 2.45) is 0 Å². The summed E-state index contributed by atoms with van der Waals surface area (Å²) < 4.78 is 27.7. The number of benzene rings is 1. The average molecular weight is 356 g/mol. The van der Waals surface area contributed by atoms with E-state index in [0.717, 1.165) is 12.3 Å². The van der Waals surface area contributed by atoms with Gasteiger partial charge in [0.1, 0.15) is 0 Å². The fourth-order valence-electron chi connectivity index (χ4n) is 1.60. The van der Waals surface area contributed by atoms with Crippen molar-refractivity contribution in [3.8, 4) is 0 Å². The zero-order valence-electron chi connectivity index (χ0n) is 13.9. The Hall–Kier alpha value is -2.42. The van der Waals surface area contributed by atoms with Crippen LogP contribution in [0.5, 0.6) is 0 Å². The van der Waals surface area contributed by atoms with Crippen LogP contribution in [-0.4, -0.2) is 44.7 Å². The van der Waals surface area contributed by atoms with Gasteiger partial charge < -0.3 is 10.1 Å². The Bertz CT molecular complexity index is 749. The highest BCUT2D eigenvalue weighted by Gasteiger charge is 2.17. The Morgan fingerprint density at radius 1 is 1.17 bits per heavy atom. The summed E-state index contributed by atoms with van der Waals surface area (Å²) in [5, 5.41) is 4.53. The Morgan fingerprint density at radius 3 is 2.33 bits per heavy atom. The lowest BCUT2D eigenvalue weighted by Gasteiger charge is -2.20. The Balaban J connectivity index is 2.61. The summed E-state index contributed by atoms with van der Waals surface area (Å²) >= 11 is 0. The summed E-state index contributed by atoms with van der Waals surface area (Å²) in [7, 11) is -3.46. The van der Waals surface area contributed by atoms with Crippen LogP contribution in [-0.2, 0) is 19.4 Å². The van der Waals surface area contributed by atoms with E-state index in [4.69, 9.17) is 4.74 Å². The van der Waals surface area contributed by atoms with Crippen molar-refractivity contribution >= 4 is 27.7 Å². The molecule has 24 heavy (non-hydrogen) atoms. The molecule has 0 bridgehead atoms. The van der Waals surface area contributed by atoms with Gasteiger partial charge >= 0.3 is 12.0 Å². The highest BCUT2D eigenvalue weighted by Crippen LogP contribution is 2.12. The van der Waals surface area contributed by atoms with Crippen LogP contribution in [0.1, 0.15) is 31.1 Å². The first-order valence-electron chi connectivity index (χ1n) is 6.98. The van der Waals surface area contributed by atoms with E-state index in [2.05, 4.69) is 5.32 Å². The Kier molecular flexibility index (Phi) is 6.08. The minimum atomic E-state index is -3.46. The number of hydrogen-bond acceptors (Lipinski definition) is 6. The van der Waals surface area contributed by atoms with Crippen LogP contribution < -0.4 is 10.6 Å². The zero-order valence-corrected chi connectivity index (χ0v) is 14.7. The number of carbonyl (C=O) groups is 3. The highest BCUT2D eigenvalue weighted by molar-refractivity contribution is 7.90. The predicted molar refractivity (Wildman–Crippen MR) is 86.3 cm³/mol. The summed E-state index contributed by atoms with van der Waals surface area (Å²) in [6.07, 6.45) is 1.01. The summed E-state index contributed by atoms with van der Waals surface area (Å²) in [6, 6.07) is 4.55. The van der Waals surface area contributed by atoms with Crippen LogP contribution in [0.2, 0.25) is 0 Å². The molecule has 1 rings (SSSR count). The molecule has 0 aliphatic heterocycles. The largest absolute Gasteiger partial charge is 0.452 e. The van der Waals surface area contributed by atoms with Gasteiger partial charge in [0.15, 0.2) is 16.4 Å². The Morgan fingerprint density at radius 2 is 1.79 bits per heavy atom. The molecule has 3 amide bonds. The number of rotatable bonds is 4. The maximum Gasteiger partial charge on any atom is 0.338 e. The standard InChI is InChI=1S/C15H20N2O6S/c1-15(2,3)17-14(20)16-12(18)9-23-13(19)10-6-5-7-11(8-10)24(4,21)22/h5-8H,9H2,1-4H3,(H2,16,17,18,20). The minimum absolute atomic E-state index is 0.00938. The number of carbonyl (C=O) groups excluding carboxylic acids is 3. The first-order valence-corrected chi connectivity index (χ1v) is 8.87. The third-order valence-electron chi connectivity index (χ3n) is 2.57. The number of nitrogens with one attached hydrogen (secondary N) is 2. The minimum Gasteiger partial charge on any atom is -0.452 e. The van der Waals surface area contributed by atoms with Crippen LogP contribution in [0.3, 0.4) is 0 Å². The van der Waals surface area contributed by atoms with Crippen molar-refractivity contribution in [2.75, 3.05) is 12.9 Å². The molecule has 0 aliphatic carbocycles. The summed E-state index contributed by atoms with van der Waals surface area (Å²) in [4.78, 5) is 34.9. The smallest absolute Gasteiger partial charge is 0.338 e. The maximum atomic E-state index is 11.8. The fraction of sp³-hybridized carbons (Fsp3) is 0.400. The van der Waals surface area contributed by atoms with E-state index in [0.29, 0.717) is 0 Å². The molecule has 2 N–H and O–H groups in total. The van der Waals surface area contributed by atoms with E-state index >= 15 is 0 Å². The molecule has 0 fully saturated rings. The van der Waals surface area contributed by atoms with Gasteiger partial charge in [-0.3, -0.25) is 10.1 Å². The molecule has 0 aromatic heterocycles. The molecular formula is C15H20N2O6S. The number of hydrogen-bond donors (Lipinski definition) is 2. The molecule has 0 spiro atoms. The van der Waals surface area contributed by atoms with Crippen molar-refractivity contribution < 1.29 is 27.5 Å². The van der Waals surface area contributed by atoms with E-state index in [9.17, 15) is 22.8 Å². The number of ether oxygens (including phenoxy) is 1. The second kappa shape index (κ2) is 7.43. The van der Waals surface area contributed by atoms with Gasteiger partial charge in [-0.15, -0.1) is 0 Å². The summed E-state index contributed by atoms with van der Waals surface area (Å²) in [5.41, 5.74) is -0.530. The number of amides is 3. The Labute approximate surface area is 140 Å². The molecule has 0 radical (unpaired) electrons. The number of urea groups is 1. The van der Waals surface area contributed by atoms with Crippen molar-refractivity contribution in [3.05, 3.63) is 29.8 Å². The molecular weight excluding hydrogens is 336 g/mol. The van der Waals surface area contributed by atoms with E-state index in [1.165, 1.54) is 18.2 Å². The van der Waals surface area contributed by atoms with Crippen molar-refractivity contribution in [2.45, 2.75) is 31.2 Å². The van der Waals surface area contributed by atoms with Crippen LogP contribution in [0.15, 0.2) is 29.2 Å². The fourth-order valence-corrected chi connectivity index (χ4v) is 2.27. The molecule has 9 heteroatoms. The zero-order chi connectivity index (χ0) is 18.5. The highest BCUT2D eigenvalue weighted by atomic mass is 32.2. The van der Waals surface area contributed by atoms with Gasteiger partial charge in [0, 0.05) is 11.8 Å². The molecule has 0 aliphatic rings. The van der Waals surface area contributed by atoms with Gasteiger partial charge in [0.2, 0.25) is 0 Å². The van der Waals surface area contributed by atoms with E-state index in [-0.39, 0.29) is 10.5 Å². The number of esters is 1. The van der Waals surface area contributed by atoms with Crippen LogP contribution in [0.4, 0.5) is 4.79 Å². The predicted octanol–water partition coefficient (Wildman–Crippen LogP) is 0.871. The molecule has 0 unspecified atom stereocenters. The lowest BCUT2D eigenvalue weighted by Crippen LogP contribution is -2.49. The lowest BCUT2D eigenvalue weighted by molar-refractivity contribution is -0.123. The molecule has 1 aromatic rings. The second-order valence-corrected chi connectivity index (χ2v) is 8.14. The monoisotopic (exact) mass is 356 g/mol. The van der Waals surface area contributed by atoms with Gasteiger partial charge in [-0.05, 0) is 39.0 Å². The van der Waals surface area contributed by atoms with Gasteiger partial charge in [-0.2, -0.15) is 0 Å². The summed E-state index contributed by atoms with van der Waals surface area (Å²) in [5.74, 6) is -1.67. The molecule has 0 heterocycles. The maximum absolute atomic E-state index is 11.8. The van der Waals surface area contributed by atoms with Gasteiger partial charge in [0.05, 0.1) is 10.5 Å². The quantitative estimate of drug-likeness (QED) is 0.773. The third kappa shape index (κ3) is 6.78. The first-order chi connectivity index (χ1) is 10.9. The van der Waals surface area contributed by atoms with Crippen LogP contribution in [0.25, 0.3) is 0 Å². The van der Waals surface area contributed by atoms with Crippen molar-refractivity contribution in [3.63, 3.8) is 0 Å². The van der Waals surface area contributed by atoms with Gasteiger partial charge in [-0.1, -0.05) is 6.07 Å². The van der Waals surface area contributed by atoms with Gasteiger partial charge in [0.25, 0.3) is 5.91 Å². The average Bonchev–Trinajstić information content (AvgIpc) is 2.41. The third-order valence-corrected chi connectivity index (χ3v) is 3.68. The topological polar surface area (TPSA) is 119 Å². The SMILES string of the molecule is CC(C)(C)NC(=O)NC(=O)COC(=O)c1cccc(S(C)(=O)=O)c1. The van der Waals surface area contributed by atoms with E-state index in [1.54, 1.807) is 20.8 Å². The van der Waals surface area contributed by atoms with E-state index < -0.39 is 39.9 Å². The van der Waals surface area contributed by atoms with Crippen molar-refractivity contribution in [1.82, 2.24) is 10.6 Å². The molecule has 0 atom stereocenters. The van der Waals surface area contributed by atoms with Gasteiger partial charge in [-0.25, -0.2) is 18.0 Å². The van der Waals surface area contributed by atoms with Crippen LogP contribution >= 0.6 is 0 Å². The normalized spacial score (nSPS) is 11.5.